The smallest absolute Gasteiger partial charge is 0.319 e. The second kappa shape index (κ2) is 8.17. The highest BCUT2D eigenvalue weighted by Crippen LogP contribution is 2.21. The number of benzene rings is 1. The van der Waals surface area contributed by atoms with Gasteiger partial charge in [0.2, 0.25) is 0 Å². The van der Waals surface area contributed by atoms with Crippen molar-refractivity contribution in [3.05, 3.63) is 28.8 Å². The fourth-order valence-corrected chi connectivity index (χ4v) is 1.94. The number of halogens is 1. The normalized spacial score (nSPS) is 11.3. The number of anilines is 1. The van der Waals surface area contributed by atoms with Crippen LogP contribution in [0.3, 0.4) is 0 Å². The molecule has 23 heavy (non-hydrogen) atoms. The predicted octanol–water partition coefficient (Wildman–Crippen LogP) is 2.62. The number of carbonyl (C=O) groups is 2. The summed E-state index contributed by atoms with van der Waals surface area (Å²) < 4.78 is 0. The molecule has 6 nitrogen and oxygen atoms in total. The summed E-state index contributed by atoms with van der Waals surface area (Å²) >= 11 is 6.11. The fourth-order valence-electron chi connectivity index (χ4n) is 1.68. The topological polar surface area (TPSA) is 90.5 Å². The van der Waals surface area contributed by atoms with E-state index >= 15 is 0 Å². The number of urea groups is 1. The monoisotopic (exact) mass is 341 g/mol. The average Bonchev–Trinajstić information content (AvgIpc) is 2.44. The molecule has 0 radical (unpaired) electrons. The standard InChI is InChI=1S/C16H24ClN3O3/c1-10(2)8-18-14(22)12-6-5-11(7-13(12)17)19-15(23)20-16(3,4)9-21/h5-7,10,21H,8-9H2,1-4H3,(H,18,22)(H2,19,20,23). The Balaban J connectivity index is 2.73. The van der Waals surface area contributed by atoms with Crippen molar-refractivity contribution >= 4 is 29.2 Å². The first-order valence-corrected chi connectivity index (χ1v) is 7.80. The lowest BCUT2D eigenvalue weighted by atomic mass is 10.1. The van der Waals surface area contributed by atoms with Crippen LogP contribution < -0.4 is 16.0 Å². The fraction of sp³-hybridized carbons (Fsp3) is 0.500. The minimum absolute atomic E-state index is 0.184. The molecule has 0 spiro atoms. The van der Waals surface area contributed by atoms with Crippen LogP contribution in [0.25, 0.3) is 0 Å². The number of hydrogen-bond donors (Lipinski definition) is 4. The molecule has 1 aromatic carbocycles. The maximum Gasteiger partial charge on any atom is 0.319 e. The minimum atomic E-state index is -0.732. The van der Waals surface area contributed by atoms with Gasteiger partial charge in [-0.3, -0.25) is 4.79 Å². The molecule has 1 aromatic rings. The van der Waals surface area contributed by atoms with E-state index < -0.39 is 11.6 Å². The van der Waals surface area contributed by atoms with E-state index in [1.807, 2.05) is 13.8 Å². The number of amides is 3. The number of hydrogen-bond acceptors (Lipinski definition) is 3. The van der Waals surface area contributed by atoms with E-state index in [1.165, 1.54) is 6.07 Å². The first kappa shape index (κ1) is 19.3. The highest BCUT2D eigenvalue weighted by Gasteiger charge is 2.19. The van der Waals surface area contributed by atoms with Crippen molar-refractivity contribution in [2.24, 2.45) is 5.92 Å². The average molecular weight is 342 g/mol. The molecule has 1 rings (SSSR count). The maximum absolute atomic E-state index is 12.0. The molecule has 0 unspecified atom stereocenters. The first-order valence-electron chi connectivity index (χ1n) is 7.42. The van der Waals surface area contributed by atoms with E-state index in [1.54, 1.807) is 26.0 Å². The van der Waals surface area contributed by atoms with Gasteiger partial charge in [0.25, 0.3) is 5.91 Å². The quantitative estimate of drug-likeness (QED) is 0.641. The van der Waals surface area contributed by atoms with Crippen molar-refractivity contribution in [2.75, 3.05) is 18.5 Å². The summed E-state index contributed by atoms with van der Waals surface area (Å²) in [5, 5.41) is 17.4. The van der Waals surface area contributed by atoms with Crippen molar-refractivity contribution in [3.63, 3.8) is 0 Å². The summed E-state index contributed by atoms with van der Waals surface area (Å²) in [6, 6.07) is 4.21. The molecule has 0 heterocycles. The van der Waals surface area contributed by atoms with Gasteiger partial charge < -0.3 is 21.1 Å². The molecule has 0 saturated heterocycles. The van der Waals surface area contributed by atoms with Crippen LogP contribution in [0.1, 0.15) is 38.1 Å². The number of aliphatic hydroxyl groups is 1. The van der Waals surface area contributed by atoms with Crippen molar-refractivity contribution in [1.29, 1.82) is 0 Å². The van der Waals surface area contributed by atoms with Crippen LogP contribution in [0, 0.1) is 5.92 Å². The molecule has 0 atom stereocenters. The molecule has 0 aromatic heterocycles. The largest absolute Gasteiger partial charge is 0.394 e. The highest BCUT2D eigenvalue weighted by molar-refractivity contribution is 6.34. The van der Waals surface area contributed by atoms with Gasteiger partial charge in [0.05, 0.1) is 22.7 Å². The highest BCUT2D eigenvalue weighted by atomic mass is 35.5. The van der Waals surface area contributed by atoms with E-state index in [9.17, 15) is 9.59 Å². The Kier molecular flexibility index (Phi) is 6.84. The number of rotatable bonds is 6. The SMILES string of the molecule is CC(C)CNC(=O)c1ccc(NC(=O)NC(C)(C)CO)cc1Cl. The molecule has 0 saturated carbocycles. The molecule has 0 aliphatic carbocycles. The number of nitrogens with one attached hydrogen (secondary N) is 3. The molecule has 3 amide bonds. The van der Waals surface area contributed by atoms with Gasteiger partial charge in [0, 0.05) is 12.2 Å². The van der Waals surface area contributed by atoms with Crippen LogP contribution in [-0.4, -0.2) is 35.7 Å². The van der Waals surface area contributed by atoms with E-state index in [0.29, 0.717) is 23.7 Å². The van der Waals surface area contributed by atoms with Gasteiger partial charge in [0.1, 0.15) is 0 Å². The Hall–Kier alpha value is -1.79. The molecule has 4 N–H and O–H groups in total. The summed E-state index contributed by atoms with van der Waals surface area (Å²) in [6.07, 6.45) is 0. The predicted molar refractivity (Wildman–Crippen MR) is 91.9 cm³/mol. The van der Waals surface area contributed by atoms with Crippen LogP contribution in [0.5, 0.6) is 0 Å². The molecule has 0 aliphatic rings. The van der Waals surface area contributed by atoms with Crippen molar-refractivity contribution in [3.8, 4) is 0 Å². The van der Waals surface area contributed by atoms with Crippen molar-refractivity contribution in [2.45, 2.75) is 33.2 Å². The van der Waals surface area contributed by atoms with Gasteiger partial charge in [-0.1, -0.05) is 25.4 Å². The number of carbonyl (C=O) groups excluding carboxylic acids is 2. The summed E-state index contributed by atoms with van der Waals surface area (Å²) in [6.45, 7) is 7.77. The first-order chi connectivity index (χ1) is 10.6. The second-order valence-electron chi connectivity index (χ2n) is 6.42. The lowest BCUT2D eigenvalue weighted by molar-refractivity contribution is 0.0949. The van der Waals surface area contributed by atoms with Crippen LogP contribution in [-0.2, 0) is 0 Å². The Labute approximate surface area is 141 Å². The third-order valence-corrected chi connectivity index (χ3v) is 3.30. The summed E-state index contributed by atoms with van der Waals surface area (Å²) in [4.78, 5) is 23.8. The van der Waals surface area contributed by atoms with Gasteiger partial charge in [0.15, 0.2) is 0 Å². The zero-order chi connectivity index (χ0) is 17.6. The van der Waals surface area contributed by atoms with Gasteiger partial charge >= 0.3 is 6.03 Å². The Morgan fingerprint density at radius 1 is 1.30 bits per heavy atom. The van der Waals surface area contributed by atoms with Crippen LogP contribution >= 0.6 is 11.6 Å². The number of aliphatic hydroxyl groups excluding tert-OH is 1. The summed E-state index contributed by atoms with van der Waals surface area (Å²) in [5.41, 5.74) is 0.0838. The van der Waals surface area contributed by atoms with Crippen molar-refractivity contribution < 1.29 is 14.7 Å². The Morgan fingerprint density at radius 2 is 1.96 bits per heavy atom. The molecule has 128 valence electrons. The molecule has 0 aliphatic heterocycles. The third kappa shape index (κ3) is 6.46. The third-order valence-electron chi connectivity index (χ3n) is 2.99. The van der Waals surface area contributed by atoms with Gasteiger partial charge in [-0.05, 0) is 38.0 Å². The Morgan fingerprint density at radius 3 is 2.48 bits per heavy atom. The molecule has 0 bridgehead atoms. The summed E-state index contributed by atoms with van der Waals surface area (Å²) in [5.74, 6) is 0.0957. The lowest BCUT2D eigenvalue weighted by Crippen LogP contribution is -2.48. The summed E-state index contributed by atoms with van der Waals surface area (Å²) in [7, 11) is 0. The van der Waals surface area contributed by atoms with E-state index in [2.05, 4.69) is 16.0 Å². The van der Waals surface area contributed by atoms with Crippen LogP contribution in [0.4, 0.5) is 10.5 Å². The van der Waals surface area contributed by atoms with Crippen molar-refractivity contribution in [1.82, 2.24) is 10.6 Å². The zero-order valence-corrected chi connectivity index (χ0v) is 14.6. The van der Waals surface area contributed by atoms with E-state index in [0.717, 1.165) is 0 Å². The molecule has 7 heteroatoms. The van der Waals surface area contributed by atoms with Gasteiger partial charge in [-0.15, -0.1) is 0 Å². The molecule has 0 fully saturated rings. The van der Waals surface area contributed by atoms with E-state index in [-0.39, 0.29) is 17.5 Å². The second-order valence-corrected chi connectivity index (χ2v) is 6.83. The maximum atomic E-state index is 12.0. The Bertz CT molecular complexity index is 574. The lowest BCUT2D eigenvalue weighted by Gasteiger charge is -2.23. The minimum Gasteiger partial charge on any atom is -0.394 e. The van der Waals surface area contributed by atoms with Gasteiger partial charge in [-0.25, -0.2) is 4.79 Å². The zero-order valence-electron chi connectivity index (χ0n) is 13.9. The van der Waals surface area contributed by atoms with Crippen LogP contribution in [0.15, 0.2) is 18.2 Å². The molecular weight excluding hydrogens is 318 g/mol. The molecular formula is C16H24ClN3O3. The van der Waals surface area contributed by atoms with Gasteiger partial charge in [-0.2, -0.15) is 0 Å². The van der Waals surface area contributed by atoms with E-state index in [4.69, 9.17) is 16.7 Å². The van der Waals surface area contributed by atoms with Crippen LogP contribution in [0.2, 0.25) is 5.02 Å².